The van der Waals surface area contributed by atoms with Crippen LogP contribution in [0.25, 0.3) is 0 Å². The maximum Gasteiger partial charge on any atom is 0.276 e. The minimum Gasteiger partial charge on any atom is -0.485 e. The average molecular weight is 279 g/mol. The van der Waals surface area contributed by atoms with Crippen molar-refractivity contribution in [3.8, 4) is 5.75 Å². The van der Waals surface area contributed by atoms with Gasteiger partial charge in [-0.15, -0.1) is 0 Å². The molecule has 2 rings (SSSR count). The standard InChI is InChI=1S/C13H14FN3O3/c1-9(2)16-7-12(6-15-16)20-8-10-5-11(14)3-4-13(10)17(18)19/h3-7,9H,8H2,1-2H3. The molecule has 0 atom stereocenters. The zero-order valence-corrected chi connectivity index (χ0v) is 11.1. The molecule has 2 aromatic rings. The van der Waals surface area contributed by atoms with Gasteiger partial charge in [0.25, 0.3) is 5.69 Å². The summed E-state index contributed by atoms with van der Waals surface area (Å²) in [4.78, 5) is 10.3. The van der Waals surface area contributed by atoms with Crippen molar-refractivity contribution in [2.24, 2.45) is 0 Å². The second kappa shape index (κ2) is 5.68. The Morgan fingerprint density at radius 2 is 2.25 bits per heavy atom. The zero-order chi connectivity index (χ0) is 14.7. The highest BCUT2D eigenvalue weighted by molar-refractivity contribution is 5.40. The Hall–Kier alpha value is -2.44. The summed E-state index contributed by atoms with van der Waals surface area (Å²) in [5, 5.41) is 14.9. The summed E-state index contributed by atoms with van der Waals surface area (Å²) >= 11 is 0. The summed E-state index contributed by atoms with van der Waals surface area (Å²) in [6.45, 7) is 3.85. The monoisotopic (exact) mass is 279 g/mol. The van der Waals surface area contributed by atoms with E-state index in [0.717, 1.165) is 18.2 Å². The molecule has 0 bridgehead atoms. The summed E-state index contributed by atoms with van der Waals surface area (Å²) in [5.74, 6) is -0.0515. The second-order valence-corrected chi connectivity index (χ2v) is 4.57. The molecule has 1 aromatic carbocycles. The van der Waals surface area contributed by atoms with Gasteiger partial charge in [-0.05, 0) is 26.0 Å². The van der Waals surface area contributed by atoms with Gasteiger partial charge in [0.1, 0.15) is 12.4 Å². The summed E-state index contributed by atoms with van der Waals surface area (Å²) in [5.41, 5.74) is 0.0231. The number of hydrogen-bond donors (Lipinski definition) is 0. The molecule has 0 amide bonds. The number of halogens is 1. The highest BCUT2D eigenvalue weighted by atomic mass is 19.1. The molecule has 0 spiro atoms. The highest BCUT2D eigenvalue weighted by Gasteiger charge is 2.15. The number of nitro groups is 1. The van der Waals surface area contributed by atoms with Gasteiger partial charge in [0, 0.05) is 12.1 Å². The zero-order valence-electron chi connectivity index (χ0n) is 11.1. The number of aromatic nitrogens is 2. The molecule has 0 fully saturated rings. The quantitative estimate of drug-likeness (QED) is 0.623. The number of nitrogens with zero attached hydrogens (tertiary/aromatic N) is 3. The lowest BCUT2D eigenvalue weighted by Crippen LogP contribution is -2.02. The van der Waals surface area contributed by atoms with Crippen LogP contribution in [0.15, 0.2) is 30.6 Å². The molecule has 106 valence electrons. The molecule has 1 heterocycles. The second-order valence-electron chi connectivity index (χ2n) is 4.57. The molecule has 0 unspecified atom stereocenters. The van der Waals surface area contributed by atoms with Gasteiger partial charge >= 0.3 is 0 Å². The van der Waals surface area contributed by atoms with Crippen molar-refractivity contribution in [1.29, 1.82) is 0 Å². The largest absolute Gasteiger partial charge is 0.485 e. The van der Waals surface area contributed by atoms with E-state index < -0.39 is 10.7 Å². The first-order valence-electron chi connectivity index (χ1n) is 6.07. The fourth-order valence-electron chi connectivity index (χ4n) is 1.69. The van der Waals surface area contributed by atoms with Crippen LogP contribution in [-0.4, -0.2) is 14.7 Å². The molecule has 0 aliphatic rings. The molecule has 20 heavy (non-hydrogen) atoms. The van der Waals surface area contributed by atoms with Gasteiger partial charge < -0.3 is 4.74 Å². The Morgan fingerprint density at radius 1 is 1.50 bits per heavy atom. The minimum absolute atomic E-state index is 0.0855. The molecular formula is C13H14FN3O3. The first-order chi connectivity index (χ1) is 9.47. The van der Waals surface area contributed by atoms with Crippen molar-refractivity contribution in [3.63, 3.8) is 0 Å². The lowest BCUT2D eigenvalue weighted by Gasteiger charge is -2.05. The molecule has 0 radical (unpaired) electrons. The summed E-state index contributed by atoms with van der Waals surface area (Å²) in [6.07, 6.45) is 3.21. The van der Waals surface area contributed by atoms with E-state index in [1.165, 1.54) is 6.20 Å². The summed E-state index contributed by atoms with van der Waals surface area (Å²) < 4.78 is 20.3. The molecule has 0 aliphatic heterocycles. The predicted molar refractivity (Wildman–Crippen MR) is 70.0 cm³/mol. The third kappa shape index (κ3) is 3.11. The van der Waals surface area contributed by atoms with Crippen molar-refractivity contribution in [2.45, 2.75) is 26.5 Å². The Labute approximate surface area is 114 Å². The van der Waals surface area contributed by atoms with E-state index in [0.29, 0.717) is 5.75 Å². The van der Waals surface area contributed by atoms with Gasteiger partial charge in [-0.3, -0.25) is 14.8 Å². The van der Waals surface area contributed by atoms with E-state index in [-0.39, 0.29) is 23.9 Å². The average Bonchev–Trinajstić information content (AvgIpc) is 2.85. The van der Waals surface area contributed by atoms with E-state index in [1.807, 2.05) is 13.8 Å². The third-order valence-corrected chi connectivity index (χ3v) is 2.74. The van der Waals surface area contributed by atoms with Crippen molar-refractivity contribution >= 4 is 5.69 Å². The molecule has 1 aromatic heterocycles. The van der Waals surface area contributed by atoms with Crippen LogP contribution in [0.5, 0.6) is 5.75 Å². The van der Waals surface area contributed by atoms with Crippen LogP contribution in [0.2, 0.25) is 0 Å². The molecule has 0 saturated carbocycles. The van der Waals surface area contributed by atoms with Gasteiger partial charge in [0.2, 0.25) is 0 Å². The minimum atomic E-state index is -0.560. The Balaban J connectivity index is 2.13. The number of benzene rings is 1. The van der Waals surface area contributed by atoms with Gasteiger partial charge in [-0.2, -0.15) is 5.10 Å². The first kappa shape index (κ1) is 14.0. The Bertz CT molecular complexity index is 625. The molecule has 0 aliphatic carbocycles. The van der Waals surface area contributed by atoms with Crippen LogP contribution in [0.1, 0.15) is 25.5 Å². The molecule has 6 nitrogen and oxygen atoms in total. The van der Waals surface area contributed by atoms with Crippen molar-refractivity contribution in [3.05, 3.63) is 52.1 Å². The molecule has 0 saturated heterocycles. The number of rotatable bonds is 5. The van der Waals surface area contributed by atoms with Crippen LogP contribution < -0.4 is 4.74 Å². The van der Waals surface area contributed by atoms with Gasteiger partial charge in [-0.25, -0.2) is 4.39 Å². The topological polar surface area (TPSA) is 70.2 Å². The maximum absolute atomic E-state index is 13.2. The maximum atomic E-state index is 13.2. The van der Waals surface area contributed by atoms with Crippen LogP contribution in [0.3, 0.4) is 0 Å². The number of nitro benzene ring substituents is 1. The summed E-state index contributed by atoms with van der Waals surface area (Å²) in [7, 11) is 0. The Kier molecular flexibility index (Phi) is 3.97. The van der Waals surface area contributed by atoms with Crippen LogP contribution >= 0.6 is 0 Å². The lowest BCUT2D eigenvalue weighted by molar-refractivity contribution is -0.385. The number of ether oxygens (including phenoxy) is 1. The van der Waals surface area contributed by atoms with Gasteiger partial charge in [0.15, 0.2) is 5.75 Å². The first-order valence-corrected chi connectivity index (χ1v) is 6.07. The highest BCUT2D eigenvalue weighted by Crippen LogP contribution is 2.22. The van der Waals surface area contributed by atoms with E-state index in [4.69, 9.17) is 4.74 Å². The fourth-order valence-corrected chi connectivity index (χ4v) is 1.69. The van der Waals surface area contributed by atoms with E-state index in [1.54, 1.807) is 10.9 Å². The summed E-state index contributed by atoms with van der Waals surface area (Å²) in [6, 6.07) is 3.48. The normalized spacial score (nSPS) is 10.8. The molecule has 7 heteroatoms. The third-order valence-electron chi connectivity index (χ3n) is 2.74. The SMILES string of the molecule is CC(C)n1cc(OCc2cc(F)ccc2[N+](=O)[O-])cn1. The van der Waals surface area contributed by atoms with Crippen molar-refractivity contribution in [1.82, 2.24) is 9.78 Å². The van der Waals surface area contributed by atoms with E-state index in [2.05, 4.69) is 5.10 Å². The van der Waals surface area contributed by atoms with E-state index in [9.17, 15) is 14.5 Å². The van der Waals surface area contributed by atoms with Crippen LogP contribution in [0.4, 0.5) is 10.1 Å². The lowest BCUT2D eigenvalue weighted by atomic mass is 10.2. The smallest absolute Gasteiger partial charge is 0.276 e. The Morgan fingerprint density at radius 3 is 2.85 bits per heavy atom. The fraction of sp³-hybridized carbons (Fsp3) is 0.308. The van der Waals surface area contributed by atoms with Gasteiger partial charge in [-0.1, -0.05) is 0 Å². The van der Waals surface area contributed by atoms with Crippen molar-refractivity contribution < 1.29 is 14.1 Å². The number of hydrogen-bond acceptors (Lipinski definition) is 4. The van der Waals surface area contributed by atoms with E-state index >= 15 is 0 Å². The predicted octanol–water partition coefficient (Wildman–Crippen LogP) is 3.09. The van der Waals surface area contributed by atoms with Gasteiger partial charge in [0.05, 0.1) is 22.9 Å². The van der Waals surface area contributed by atoms with Crippen LogP contribution in [0, 0.1) is 15.9 Å². The van der Waals surface area contributed by atoms with Crippen molar-refractivity contribution in [2.75, 3.05) is 0 Å². The molecular weight excluding hydrogens is 265 g/mol. The van der Waals surface area contributed by atoms with Crippen LogP contribution in [-0.2, 0) is 6.61 Å². The molecule has 0 N–H and O–H groups in total.